The Labute approximate surface area is 177 Å². The Kier molecular flexibility index (Phi) is 6.05. The third-order valence-electron chi connectivity index (χ3n) is 4.71. The minimum atomic E-state index is -0.304. The molecule has 0 radical (unpaired) electrons. The summed E-state index contributed by atoms with van der Waals surface area (Å²) in [6.07, 6.45) is 3.15. The second-order valence-corrected chi connectivity index (χ2v) is 6.97. The molecule has 156 valence electrons. The summed E-state index contributed by atoms with van der Waals surface area (Å²) >= 11 is 6.34. The number of aromatic nitrogens is 5. The van der Waals surface area contributed by atoms with E-state index in [-0.39, 0.29) is 5.91 Å². The highest BCUT2D eigenvalue weighted by atomic mass is 35.5. The van der Waals surface area contributed by atoms with Crippen LogP contribution in [0, 0.1) is 0 Å². The Morgan fingerprint density at radius 2 is 2.13 bits per heavy atom. The number of hydrogen-bond acceptors (Lipinski definition) is 8. The quantitative estimate of drug-likeness (QED) is 0.628. The van der Waals surface area contributed by atoms with Crippen molar-refractivity contribution in [2.75, 3.05) is 38.3 Å². The van der Waals surface area contributed by atoms with Crippen molar-refractivity contribution < 1.29 is 14.3 Å². The van der Waals surface area contributed by atoms with Gasteiger partial charge < -0.3 is 19.7 Å². The zero-order valence-electron chi connectivity index (χ0n) is 16.3. The summed E-state index contributed by atoms with van der Waals surface area (Å²) < 4.78 is 12.2. The number of pyridine rings is 1. The van der Waals surface area contributed by atoms with Crippen LogP contribution in [-0.2, 0) is 11.3 Å². The highest BCUT2D eigenvalue weighted by molar-refractivity contribution is 6.33. The number of methoxy groups -OCH3 is 1. The van der Waals surface area contributed by atoms with Gasteiger partial charge in [0.25, 0.3) is 5.91 Å². The Morgan fingerprint density at radius 1 is 1.30 bits per heavy atom. The molecule has 0 atom stereocenters. The lowest BCUT2D eigenvalue weighted by Crippen LogP contribution is -2.36. The molecule has 0 saturated carbocycles. The van der Waals surface area contributed by atoms with Crippen molar-refractivity contribution in [3.8, 4) is 11.4 Å². The van der Waals surface area contributed by atoms with Crippen molar-refractivity contribution in [1.82, 2.24) is 30.5 Å². The van der Waals surface area contributed by atoms with Gasteiger partial charge in [-0.25, -0.2) is 4.98 Å². The number of nitrogens with one attached hydrogen (secondary N) is 1. The largest absolute Gasteiger partial charge is 0.496 e. The van der Waals surface area contributed by atoms with E-state index in [1.807, 2.05) is 12.1 Å². The fourth-order valence-electron chi connectivity index (χ4n) is 3.15. The summed E-state index contributed by atoms with van der Waals surface area (Å²) in [6, 6.07) is 7.00. The molecule has 11 heteroatoms. The number of anilines is 1. The number of halogens is 1. The minimum Gasteiger partial charge on any atom is -0.496 e. The van der Waals surface area contributed by atoms with Crippen molar-refractivity contribution in [3.63, 3.8) is 0 Å². The van der Waals surface area contributed by atoms with Gasteiger partial charge >= 0.3 is 0 Å². The van der Waals surface area contributed by atoms with E-state index in [0.717, 1.165) is 24.5 Å². The van der Waals surface area contributed by atoms with Gasteiger partial charge in [0, 0.05) is 31.9 Å². The molecule has 0 unspecified atom stereocenters. The second kappa shape index (κ2) is 9.06. The molecule has 1 aromatic carbocycles. The minimum absolute atomic E-state index is 0.304. The molecule has 4 rings (SSSR count). The van der Waals surface area contributed by atoms with Crippen LogP contribution >= 0.6 is 11.6 Å². The van der Waals surface area contributed by atoms with Crippen molar-refractivity contribution in [1.29, 1.82) is 0 Å². The Bertz CT molecular complexity index is 1020. The van der Waals surface area contributed by atoms with Crippen LogP contribution in [0.25, 0.3) is 5.69 Å². The van der Waals surface area contributed by atoms with Gasteiger partial charge in [-0.3, -0.25) is 4.79 Å². The van der Waals surface area contributed by atoms with E-state index in [9.17, 15) is 4.79 Å². The average Bonchev–Trinajstić information content (AvgIpc) is 3.33. The van der Waals surface area contributed by atoms with E-state index in [1.165, 1.54) is 18.1 Å². The highest BCUT2D eigenvalue weighted by Crippen LogP contribution is 2.29. The zero-order valence-corrected chi connectivity index (χ0v) is 17.0. The number of morpholine rings is 1. The molecule has 30 heavy (non-hydrogen) atoms. The molecule has 1 N–H and O–H groups in total. The number of carbonyl (C=O) groups excluding carboxylic acids is 1. The smallest absolute Gasteiger partial charge is 0.255 e. The van der Waals surface area contributed by atoms with E-state index in [1.54, 1.807) is 18.3 Å². The maximum Gasteiger partial charge on any atom is 0.255 e. The summed E-state index contributed by atoms with van der Waals surface area (Å²) in [5.74, 6) is 0.935. The molecule has 1 aliphatic heterocycles. The van der Waals surface area contributed by atoms with Gasteiger partial charge in [0.2, 0.25) is 0 Å². The topological polar surface area (TPSA) is 107 Å². The van der Waals surface area contributed by atoms with Crippen LogP contribution in [-0.4, -0.2) is 64.5 Å². The zero-order chi connectivity index (χ0) is 20.9. The van der Waals surface area contributed by atoms with Gasteiger partial charge in [0.05, 0.1) is 36.6 Å². The van der Waals surface area contributed by atoms with Gasteiger partial charge in [0.1, 0.15) is 17.9 Å². The first-order valence-electron chi connectivity index (χ1n) is 9.32. The molecule has 1 aliphatic rings. The molecule has 1 saturated heterocycles. The molecule has 1 fully saturated rings. The number of benzene rings is 1. The molecule has 1 amide bonds. The number of nitrogens with zero attached hydrogens (tertiary/aromatic N) is 6. The third-order valence-corrected chi connectivity index (χ3v) is 5.01. The van der Waals surface area contributed by atoms with Crippen LogP contribution in [0.3, 0.4) is 0 Å². The molecule has 0 aliphatic carbocycles. The van der Waals surface area contributed by atoms with Crippen LogP contribution in [0.1, 0.15) is 15.9 Å². The van der Waals surface area contributed by atoms with Crippen molar-refractivity contribution in [2.24, 2.45) is 0 Å². The number of hydrogen-bond donors (Lipinski definition) is 1. The van der Waals surface area contributed by atoms with Crippen LogP contribution in [0.2, 0.25) is 5.02 Å². The molecular weight excluding hydrogens is 410 g/mol. The first-order chi connectivity index (χ1) is 14.7. The standard InChI is InChI=1S/C19H20ClN7O3/c1-29-17-10-16(27-12-23-24-25-27)15(20)9-14(17)19(28)22-11-13-2-3-21-18(8-13)26-4-6-30-7-5-26/h2-3,8-10,12H,4-7,11H2,1H3,(H,22,28). The predicted octanol–water partition coefficient (Wildman–Crippen LogP) is 1.49. The number of tetrazole rings is 1. The summed E-state index contributed by atoms with van der Waals surface area (Å²) in [5, 5.41) is 14.2. The molecule has 0 spiro atoms. The molecule has 10 nitrogen and oxygen atoms in total. The Hall–Kier alpha value is -3.24. The predicted molar refractivity (Wildman–Crippen MR) is 109 cm³/mol. The Morgan fingerprint density at radius 3 is 2.87 bits per heavy atom. The SMILES string of the molecule is COc1cc(-n2cnnn2)c(Cl)cc1C(=O)NCc1ccnc(N2CCOCC2)c1. The van der Waals surface area contributed by atoms with E-state index < -0.39 is 0 Å². The van der Waals surface area contributed by atoms with Gasteiger partial charge in [0.15, 0.2) is 0 Å². The average molecular weight is 430 g/mol. The van der Waals surface area contributed by atoms with E-state index >= 15 is 0 Å². The van der Waals surface area contributed by atoms with E-state index in [0.29, 0.717) is 41.8 Å². The fourth-order valence-corrected chi connectivity index (χ4v) is 3.40. The lowest BCUT2D eigenvalue weighted by Gasteiger charge is -2.28. The van der Waals surface area contributed by atoms with Crippen LogP contribution in [0.5, 0.6) is 5.75 Å². The summed E-state index contributed by atoms with van der Waals surface area (Å²) in [5.41, 5.74) is 1.77. The van der Waals surface area contributed by atoms with Crippen molar-refractivity contribution in [3.05, 3.63) is 52.9 Å². The maximum absolute atomic E-state index is 12.8. The monoisotopic (exact) mass is 429 g/mol. The number of carbonyl (C=O) groups is 1. The first kappa shape index (κ1) is 20.0. The van der Waals surface area contributed by atoms with E-state index in [4.69, 9.17) is 21.1 Å². The van der Waals surface area contributed by atoms with Crippen LogP contribution in [0.4, 0.5) is 5.82 Å². The fraction of sp³-hybridized carbons (Fsp3) is 0.316. The lowest BCUT2D eigenvalue weighted by atomic mass is 10.1. The third kappa shape index (κ3) is 4.34. The highest BCUT2D eigenvalue weighted by Gasteiger charge is 2.18. The first-order valence-corrected chi connectivity index (χ1v) is 9.70. The summed E-state index contributed by atoms with van der Waals surface area (Å²) in [6.45, 7) is 3.31. The second-order valence-electron chi connectivity index (χ2n) is 6.56. The van der Waals surface area contributed by atoms with Crippen LogP contribution < -0.4 is 15.0 Å². The molecule has 0 bridgehead atoms. The van der Waals surface area contributed by atoms with Gasteiger partial charge in [-0.05, 0) is 34.2 Å². The summed E-state index contributed by atoms with van der Waals surface area (Å²) in [4.78, 5) is 19.4. The number of ether oxygens (including phenoxy) is 2. The Balaban J connectivity index is 1.48. The molecular formula is C19H20ClN7O3. The number of amides is 1. The van der Waals surface area contributed by atoms with Gasteiger partial charge in [-0.1, -0.05) is 11.6 Å². The molecule has 3 heterocycles. The normalized spacial score (nSPS) is 13.9. The lowest BCUT2D eigenvalue weighted by molar-refractivity contribution is 0.0948. The van der Waals surface area contributed by atoms with Gasteiger partial charge in [-0.15, -0.1) is 5.10 Å². The maximum atomic E-state index is 12.8. The van der Waals surface area contributed by atoms with E-state index in [2.05, 4.69) is 30.7 Å². The van der Waals surface area contributed by atoms with Gasteiger partial charge in [-0.2, -0.15) is 4.68 Å². The number of rotatable bonds is 6. The molecule has 3 aromatic rings. The molecule has 2 aromatic heterocycles. The van der Waals surface area contributed by atoms with Crippen molar-refractivity contribution >= 4 is 23.3 Å². The summed E-state index contributed by atoms with van der Waals surface area (Å²) in [7, 11) is 1.49. The van der Waals surface area contributed by atoms with Crippen molar-refractivity contribution in [2.45, 2.75) is 6.54 Å². The van der Waals surface area contributed by atoms with Crippen LogP contribution in [0.15, 0.2) is 36.8 Å².